The highest BCUT2D eigenvalue weighted by Crippen LogP contribution is 2.40. The molecule has 112 valence electrons. The van der Waals surface area contributed by atoms with Crippen molar-refractivity contribution in [2.75, 3.05) is 13.1 Å². The summed E-state index contributed by atoms with van der Waals surface area (Å²) in [6.07, 6.45) is 6.08. The molecule has 0 amide bonds. The second-order valence-corrected chi connectivity index (χ2v) is 8.57. The number of likely N-dealkylation sites (tertiary alicyclic amines) is 1. The van der Waals surface area contributed by atoms with Gasteiger partial charge in [-0.3, -0.25) is 4.90 Å². The fourth-order valence-electron chi connectivity index (χ4n) is 4.07. The third kappa shape index (κ3) is 3.33. The molecule has 2 rings (SSSR count). The minimum absolute atomic E-state index is 0.101. The van der Waals surface area contributed by atoms with E-state index in [0.29, 0.717) is 11.5 Å². The molecule has 1 heterocycles. The predicted molar refractivity (Wildman–Crippen MR) is 81.2 cm³/mol. The lowest BCUT2D eigenvalue weighted by atomic mass is 9.70. The fourth-order valence-corrected chi connectivity index (χ4v) is 4.07. The highest BCUT2D eigenvalue weighted by Gasteiger charge is 2.41. The van der Waals surface area contributed by atoms with E-state index in [1.165, 1.54) is 45.2 Å². The number of hydrogen-bond acceptors (Lipinski definition) is 2. The van der Waals surface area contributed by atoms with E-state index in [9.17, 15) is 5.11 Å². The Labute approximate surface area is 119 Å². The van der Waals surface area contributed by atoms with Crippen LogP contribution in [0.1, 0.15) is 66.7 Å². The maximum atomic E-state index is 10.6. The highest BCUT2D eigenvalue weighted by molar-refractivity contribution is 4.95. The molecule has 0 radical (unpaired) electrons. The Bertz CT molecular complexity index is 297. The number of hydrogen-bond donors (Lipinski definition) is 1. The lowest BCUT2D eigenvalue weighted by Gasteiger charge is -2.48. The second-order valence-electron chi connectivity index (χ2n) is 8.57. The SMILES string of the molecule is CC(C)(C)C1CCN(C2CCCC(C)(C)C2O)CC1. The van der Waals surface area contributed by atoms with Crippen molar-refractivity contribution in [1.29, 1.82) is 0 Å². The molecule has 0 aromatic rings. The van der Waals surface area contributed by atoms with Crippen LogP contribution >= 0.6 is 0 Å². The summed E-state index contributed by atoms with van der Waals surface area (Å²) in [7, 11) is 0. The molecule has 2 atom stereocenters. The minimum Gasteiger partial charge on any atom is -0.391 e. The standard InChI is InChI=1S/C17H33NO/c1-16(2,3)13-8-11-18(12-9-13)14-7-6-10-17(4,5)15(14)19/h13-15,19H,6-12H2,1-5H3. The van der Waals surface area contributed by atoms with Crippen LogP contribution in [0.15, 0.2) is 0 Å². The molecule has 19 heavy (non-hydrogen) atoms. The van der Waals surface area contributed by atoms with Crippen LogP contribution in [0.4, 0.5) is 0 Å². The van der Waals surface area contributed by atoms with Crippen LogP contribution in [0.2, 0.25) is 0 Å². The van der Waals surface area contributed by atoms with Crippen molar-refractivity contribution in [2.45, 2.75) is 78.9 Å². The highest BCUT2D eigenvalue weighted by atomic mass is 16.3. The van der Waals surface area contributed by atoms with Crippen molar-refractivity contribution in [1.82, 2.24) is 4.90 Å². The predicted octanol–water partition coefficient (Wildman–Crippen LogP) is 3.68. The molecule has 1 saturated carbocycles. The van der Waals surface area contributed by atoms with Crippen molar-refractivity contribution >= 4 is 0 Å². The maximum Gasteiger partial charge on any atom is 0.0746 e. The van der Waals surface area contributed by atoms with Crippen molar-refractivity contribution < 1.29 is 5.11 Å². The first-order valence-corrected chi connectivity index (χ1v) is 8.14. The Morgan fingerprint density at radius 3 is 2.16 bits per heavy atom. The Morgan fingerprint density at radius 2 is 1.63 bits per heavy atom. The summed E-state index contributed by atoms with van der Waals surface area (Å²) in [5.74, 6) is 0.845. The van der Waals surface area contributed by atoms with Crippen LogP contribution in [-0.2, 0) is 0 Å². The Balaban J connectivity index is 1.94. The smallest absolute Gasteiger partial charge is 0.0746 e. The van der Waals surface area contributed by atoms with E-state index in [1.54, 1.807) is 0 Å². The van der Waals surface area contributed by atoms with Crippen LogP contribution < -0.4 is 0 Å². The molecule has 2 aliphatic rings. The summed E-state index contributed by atoms with van der Waals surface area (Å²) in [5, 5.41) is 10.6. The number of rotatable bonds is 1. The molecule has 1 N–H and O–H groups in total. The molecule has 1 saturated heterocycles. The number of aliphatic hydroxyl groups excluding tert-OH is 1. The molecule has 0 bridgehead atoms. The summed E-state index contributed by atoms with van der Waals surface area (Å²) in [6, 6.07) is 0.407. The molecule has 0 aromatic carbocycles. The third-order valence-corrected chi connectivity index (χ3v) is 5.71. The van der Waals surface area contributed by atoms with Gasteiger partial charge in [0.1, 0.15) is 0 Å². The minimum atomic E-state index is -0.146. The normalized spacial score (nSPS) is 34.4. The number of aliphatic hydroxyl groups is 1. The van der Waals surface area contributed by atoms with E-state index in [2.05, 4.69) is 39.5 Å². The fraction of sp³-hybridized carbons (Fsp3) is 1.00. The summed E-state index contributed by atoms with van der Waals surface area (Å²) in [4.78, 5) is 2.58. The quantitative estimate of drug-likeness (QED) is 0.783. The van der Waals surface area contributed by atoms with Gasteiger partial charge in [0.2, 0.25) is 0 Å². The van der Waals surface area contributed by atoms with Gasteiger partial charge in [-0.25, -0.2) is 0 Å². The van der Waals surface area contributed by atoms with Gasteiger partial charge in [-0.2, -0.15) is 0 Å². The molecule has 2 fully saturated rings. The van der Waals surface area contributed by atoms with Gasteiger partial charge in [-0.15, -0.1) is 0 Å². The van der Waals surface area contributed by atoms with Gasteiger partial charge in [-0.1, -0.05) is 41.0 Å². The van der Waals surface area contributed by atoms with Gasteiger partial charge in [0.15, 0.2) is 0 Å². The van der Waals surface area contributed by atoms with Crippen LogP contribution in [0.25, 0.3) is 0 Å². The maximum absolute atomic E-state index is 10.6. The van der Waals surface area contributed by atoms with E-state index in [4.69, 9.17) is 0 Å². The lowest BCUT2D eigenvalue weighted by Crippen LogP contribution is -2.54. The first-order chi connectivity index (χ1) is 8.72. The monoisotopic (exact) mass is 267 g/mol. The van der Waals surface area contributed by atoms with Crippen molar-refractivity contribution in [3.8, 4) is 0 Å². The average molecular weight is 267 g/mol. The summed E-state index contributed by atoms with van der Waals surface area (Å²) < 4.78 is 0. The molecule has 2 heteroatoms. The van der Waals surface area contributed by atoms with E-state index in [1.807, 2.05) is 0 Å². The van der Waals surface area contributed by atoms with Gasteiger partial charge in [0, 0.05) is 6.04 Å². The van der Waals surface area contributed by atoms with Crippen molar-refractivity contribution in [3.63, 3.8) is 0 Å². The molecule has 2 unspecified atom stereocenters. The van der Waals surface area contributed by atoms with Gasteiger partial charge in [0.25, 0.3) is 0 Å². The topological polar surface area (TPSA) is 23.5 Å². The van der Waals surface area contributed by atoms with E-state index >= 15 is 0 Å². The third-order valence-electron chi connectivity index (χ3n) is 5.71. The van der Waals surface area contributed by atoms with E-state index in [0.717, 1.165) is 5.92 Å². The Morgan fingerprint density at radius 1 is 1.05 bits per heavy atom. The summed E-state index contributed by atoms with van der Waals surface area (Å²) >= 11 is 0. The van der Waals surface area contributed by atoms with Gasteiger partial charge in [-0.05, 0) is 55.5 Å². The first-order valence-electron chi connectivity index (χ1n) is 8.14. The zero-order chi connectivity index (χ0) is 14.3. The van der Waals surface area contributed by atoms with Gasteiger partial charge >= 0.3 is 0 Å². The number of nitrogens with zero attached hydrogens (tertiary/aromatic N) is 1. The molecular formula is C17H33NO. The molecule has 0 aromatic heterocycles. The largest absolute Gasteiger partial charge is 0.391 e. The zero-order valence-electron chi connectivity index (χ0n) is 13.6. The van der Waals surface area contributed by atoms with Crippen molar-refractivity contribution in [2.24, 2.45) is 16.7 Å². The van der Waals surface area contributed by atoms with Crippen LogP contribution in [0, 0.1) is 16.7 Å². The van der Waals surface area contributed by atoms with Crippen LogP contribution in [-0.4, -0.2) is 35.2 Å². The van der Waals surface area contributed by atoms with Crippen LogP contribution in [0.5, 0.6) is 0 Å². The number of piperidine rings is 1. The van der Waals surface area contributed by atoms with Gasteiger partial charge in [0.05, 0.1) is 6.10 Å². The Hall–Kier alpha value is -0.0800. The van der Waals surface area contributed by atoms with Crippen LogP contribution in [0.3, 0.4) is 0 Å². The summed E-state index contributed by atoms with van der Waals surface area (Å²) in [6.45, 7) is 13.9. The van der Waals surface area contributed by atoms with Gasteiger partial charge < -0.3 is 5.11 Å². The molecule has 0 spiro atoms. The molecule has 1 aliphatic heterocycles. The zero-order valence-corrected chi connectivity index (χ0v) is 13.6. The molecule has 2 nitrogen and oxygen atoms in total. The van der Waals surface area contributed by atoms with Crippen molar-refractivity contribution in [3.05, 3.63) is 0 Å². The molecular weight excluding hydrogens is 234 g/mol. The first kappa shape index (κ1) is 15.3. The van der Waals surface area contributed by atoms with E-state index in [-0.39, 0.29) is 11.5 Å². The second kappa shape index (κ2) is 5.37. The van der Waals surface area contributed by atoms with E-state index < -0.39 is 0 Å². The Kier molecular flexibility index (Phi) is 4.32. The molecule has 1 aliphatic carbocycles. The lowest BCUT2D eigenvalue weighted by molar-refractivity contribution is -0.0686. The summed E-state index contributed by atoms with van der Waals surface area (Å²) in [5.41, 5.74) is 0.542. The average Bonchev–Trinajstić information content (AvgIpc) is 2.32.